The number of hydrogen-bond acceptors (Lipinski definition) is 6. The molecule has 1 atom stereocenters. The molecule has 2 fully saturated rings. The number of furan rings is 1. The summed E-state index contributed by atoms with van der Waals surface area (Å²) in [6.45, 7) is 1.95. The molecule has 2 aliphatic rings. The molecule has 2 aromatic heterocycles. The number of carbonyl (C=O) groups excluding carboxylic acids is 2. The number of thioether (sulfide) groups is 1. The first-order valence-electron chi connectivity index (χ1n) is 10.3. The number of carbonyl (C=O) groups is 2. The van der Waals surface area contributed by atoms with Crippen molar-refractivity contribution in [3.05, 3.63) is 54.4 Å². The fourth-order valence-corrected chi connectivity index (χ4v) is 6.29. The number of Topliss-reactive ketones (excluding diaryl/α,β-unsaturated/α-hetero) is 1. The van der Waals surface area contributed by atoms with Crippen LogP contribution in [0.15, 0.2) is 53.1 Å². The first-order chi connectivity index (χ1) is 15.1. The summed E-state index contributed by atoms with van der Waals surface area (Å²) in [5, 5.41) is 3.66. The van der Waals surface area contributed by atoms with Gasteiger partial charge in [0.1, 0.15) is 16.8 Å². The van der Waals surface area contributed by atoms with Crippen molar-refractivity contribution in [2.24, 2.45) is 0 Å². The van der Waals surface area contributed by atoms with E-state index in [-0.39, 0.29) is 17.6 Å². The predicted octanol–water partition coefficient (Wildman–Crippen LogP) is 3.83. The minimum absolute atomic E-state index is 0.148. The molecule has 0 radical (unpaired) electrons. The molecule has 31 heavy (non-hydrogen) atoms. The zero-order valence-corrected chi connectivity index (χ0v) is 18.4. The highest BCUT2D eigenvalue weighted by Gasteiger charge is 2.54. The highest BCUT2D eigenvalue weighted by molar-refractivity contribution is 8.03. The highest BCUT2D eigenvalue weighted by Crippen LogP contribution is 2.48. The number of rotatable bonds is 5. The number of alkyl halides is 1. The molecule has 1 spiro atoms. The first kappa shape index (κ1) is 20.5. The first-order valence-corrected chi connectivity index (χ1v) is 11.7. The van der Waals surface area contributed by atoms with Gasteiger partial charge in [0.2, 0.25) is 5.91 Å². The lowest BCUT2D eigenvalue weighted by Gasteiger charge is -2.40. The van der Waals surface area contributed by atoms with E-state index in [0.29, 0.717) is 18.1 Å². The molecule has 0 bridgehead atoms. The number of para-hydroxylation sites is 1. The number of hydrogen-bond donors (Lipinski definition) is 1. The Kier molecular flexibility index (Phi) is 5.50. The minimum atomic E-state index is -0.729. The van der Waals surface area contributed by atoms with Gasteiger partial charge in [0, 0.05) is 17.1 Å². The van der Waals surface area contributed by atoms with Crippen LogP contribution in [0.3, 0.4) is 0 Å². The molecule has 2 saturated heterocycles. The van der Waals surface area contributed by atoms with E-state index >= 15 is 0 Å². The number of ketones is 1. The van der Waals surface area contributed by atoms with Crippen molar-refractivity contribution in [2.75, 3.05) is 19.0 Å². The molecular formula is C23H22ClN3O3S. The minimum Gasteiger partial charge on any atom is -0.459 e. The number of piperidine rings is 1. The average molecular weight is 456 g/mol. The quantitative estimate of drug-likeness (QED) is 0.465. The Morgan fingerprint density at radius 1 is 1.23 bits per heavy atom. The largest absolute Gasteiger partial charge is 0.459 e. The topological polar surface area (TPSA) is 75.4 Å². The lowest BCUT2D eigenvalue weighted by Crippen LogP contribution is -2.50. The summed E-state index contributed by atoms with van der Waals surface area (Å²) in [6, 6.07) is 13.7. The van der Waals surface area contributed by atoms with Crippen molar-refractivity contribution in [1.82, 2.24) is 15.2 Å². The molecule has 3 aromatic rings. The lowest BCUT2D eigenvalue weighted by molar-refractivity contribution is -0.136. The second-order valence-electron chi connectivity index (χ2n) is 7.87. The molecule has 1 aromatic carbocycles. The SMILES string of the molecule is O=C(CCl)C1SC2(CCNCC2)N(Cc2ccc(-c3cccc4cccnc34)o2)C1=O. The van der Waals surface area contributed by atoms with Gasteiger partial charge in [0.25, 0.3) is 0 Å². The Morgan fingerprint density at radius 3 is 2.84 bits per heavy atom. The van der Waals surface area contributed by atoms with Crippen LogP contribution in [0.1, 0.15) is 18.6 Å². The van der Waals surface area contributed by atoms with Crippen LogP contribution in [-0.4, -0.2) is 50.7 Å². The van der Waals surface area contributed by atoms with Crippen LogP contribution in [0.4, 0.5) is 0 Å². The van der Waals surface area contributed by atoms with E-state index in [0.717, 1.165) is 42.4 Å². The Hall–Kier alpha value is -2.35. The van der Waals surface area contributed by atoms with Gasteiger partial charge in [0.15, 0.2) is 5.78 Å². The highest BCUT2D eigenvalue weighted by atomic mass is 35.5. The monoisotopic (exact) mass is 455 g/mol. The van der Waals surface area contributed by atoms with Gasteiger partial charge in [-0.05, 0) is 50.2 Å². The van der Waals surface area contributed by atoms with Crippen molar-refractivity contribution in [1.29, 1.82) is 0 Å². The van der Waals surface area contributed by atoms with Crippen molar-refractivity contribution < 1.29 is 14.0 Å². The van der Waals surface area contributed by atoms with Crippen LogP contribution in [0, 0.1) is 0 Å². The summed E-state index contributed by atoms with van der Waals surface area (Å²) in [6.07, 6.45) is 3.34. The molecule has 8 heteroatoms. The fourth-order valence-electron chi connectivity index (χ4n) is 4.44. The van der Waals surface area contributed by atoms with Crippen LogP contribution in [0.25, 0.3) is 22.2 Å². The maximum atomic E-state index is 13.2. The van der Waals surface area contributed by atoms with E-state index in [4.69, 9.17) is 16.0 Å². The molecule has 2 aliphatic heterocycles. The normalized spacial score (nSPS) is 20.6. The Bertz CT molecular complexity index is 1140. The number of nitrogens with zero attached hydrogens (tertiary/aromatic N) is 2. The fraction of sp³-hybridized carbons (Fsp3) is 0.348. The van der Waals surface area contributed by atoms with Crippen LogP contribution >= 0.6 is 23.4 Å². The Balaban J connectivity index is 1.45. The number of nitrogens with one attached hydrogen (secondary N) is 1. The molecule has 1 unspecified atom stereocenters. The molecule has 4 heterocycles. The van der Waals surface area contributed by atoms with Gasteiger partial charge in [-0.1, -0.05) is 18.2 Å². The lowest BCUT2D eigenvalue weighted by atomic mass is 10.0. The summed E-state index contributed by atoms with van der Waals surface area (Å²) < 4.78 is 6.17. The van der Waals surface area contributed by atoms with E-state index in [1.54, 1.807) is 6.20 Å². The average Bonchev–Trinajstić information content (AvgIpc) is 3.38. The van der Waals surface area contributed by atoms with E-state index in [2.05, 4.69) is 10.3 Å². The molecule has 6 nitrogen and oxygen atoms in total. The summed E-state index contributed by atoms with van der Waals surface area (Å²) in [4.78, 5) is 31.4. The van der Waals surface area contributed by atoms with Gasteiger partial charge in [-0.3, -0.25) is 14.6 Å². The number of aromatic nitrogens is 1. The molecule has 5 rings (SSSR count). The number of benzene rings is 1. The number of amides is 1. The van der Waals surface area contributed by atoms with Gasteiger partial charge in [-0.25, -0.2) is 0 Å². The third kappa shape index (κ3) is 3.64. The molecule has 160 valence electrons. The summed E-state index contributed by atoms with van der Waals surface area (Å²) in [5.74, 6) is 0.867. The van der Waals surface area contributed by atoms with Crippen molar-refractivity contribution >= 4 is 46.0 Å². The van der Waals surface area contributed by atoms with Gasteiger partial charge in [-0.15, -0.1) is 23.4 Å². The summed E-state index contributed by atoms with van der Waals surface area (Å²) >= 11 is 7.24. The van der Waals surface area contributed by atoms with E-state index in [1.807, 2.05) is 47.4 Å². The molecule has 1 N–H and O–H groups in total. The standard InChI is InChI=1S/C23H22ClN3O3S/c24-13-18(28)21-22(29)27(23(31-21)8-11-25-12-9-23)14-16-6-7-19(30-16)17-5-1-3-15-4-2-10-26-20(15)17/h1-7,10,21,25H,8-9,11-14H2. The van der Waals surface area contributed by atoms with E-state index in [1.165, 1.54) is 11.8 Å². The molecular weight excluding hydrogens is 434 g/mol. The second kappa shape index (κ2) is 8.30. The van der Waals surface area contributed by atoms with Gasteiger partial charge in [0.05, 0.1) is 22.8 Å². The number of fused-ring (bicyclic) bond motifs is 1. The molecule has 0 aliphatic carbocycles. The van der Waals surface area contributed by atoms with Crippen LogP contribution in [0.5, 0.6) is 0 Å². The van der Waals surface area contributed by atoms with Gasteiger partial charge in [-0.2, -0.15) is 0 Å². The number of halogens is 1. The smallest absolute Gasteiger partial charge is 0.244 e. The Morgan fingerprint density at radius 2 is 2.03 bits per heavy atom. The molecule has 1 amide bonds. The maximum absolute atomic E-state index is 13.2. The second-order valence-corrected chi connectivity index (χ2v) is 9.60. The zero-order chi connectivity index (χ0) is 21.4. The van der Waals surface area contributed by atoms with Crippen molar-refractivity contribution in [2.45, 2.75) is 29.5 Å². The van der Waals surface area contributed by atoms with Crippen LogP contribution in [-0.2, 0) is 16.1 Å². The van der Waals surface area contributed by atoms with Gasteiger partial charge < -0.3 is 14.6 Å². The summed E-state index contributed by atoms with van der Waals surface area (Å²) in [7, 11) is 0. The summed E-state index contributed by atoms with van der Waals surface area (Å²) in [5.41, 5.74) is 1.79. The number of pyridine rings is 1. The Labute approximate surface area is 189 Å². The maximum Gasteiger partial charge on any atom is 0.244 e. The van der Waals surface area contributed by atoms with Crippen LogP contribution in [0.2, 0.25) is 0 Å². The van der Waals surface area contributed by atoms with E-state index < -0.39 is 10.1 Å². The van der Waals surface area contributed by atoms with E-state index in [9.17, 15) is 9.59 Å². The molecule has 0 saturated carbocycles. The van der Waals surface area contributed by atoms with Crippen LogP contribution < -0.4 is 5.32 Å². The van der Waals surface area contributed by atoms with Crippen molar-refractivity contribution in [3.63, 3.8) is 0 Å². The third-order valence-corrected chi connectivity index (χ3v) is 8.03. The zero-order valence-electron chi connectivity index (χ0n) is 16.8. The third-order valence-electron chi connectivity index (χ3n) is 6.00. The predicted molar refractivity (Wildman–Crippen MR) is 122 cm³/mol. The van der Waals surface area contributed by atoms with Gasteiger partial charge >= 0.3 is 0 Å². The van der Waals surface area contributed by atoms with Crippen molar-refractivity contribution in [3.8, 4) is 11.3 Å².